The second-order valence-corrected chi connectivity index (χ2v) is 4.85. The Hall–Kier alpha value is -1.22. The predicted octanol–water partition coefficient (Wildman–Crippen LogP) is 4.67. The van der Waals surface area contributed by atoms with Crippen LogP contribution in [0.15, 0.2) is 24.3 Å². The molecule has 1 fully saturated rings. The molecule has 3 heteroatoms. The minimum Gasteiger partial charge on any atom is -0.495 e. The van der Waals surface area contributed by atoms with Crippen molar-refractivity contribution in [3.63, 3.8) is 0 Å². The predicted molar refractivity (Wildman–Crippen MR) is 99.3 cm³/mol. The van der Waals surface area contributed by atoms with Crippen molar-refractivity contribution in [1.29, 1.82) is 0 Å². The van der Waals surface area contributed by atoms with Gasteiger partial charge in [0.25, 0.3) is 0 Å². The minimum absolute atomic E-state index is 0.986. The Kier molecular flexibility index (Phi) is 12.7. The lowest BCUT2D eigenvalue weighted by Crippen LogP contribution is -2.46. The van der Waals surface area contributed by atoms with Gasteiger partial charge in [0, 0.05) is 26.2 Å². The molecule has 0 aliphatic carbocycles. The van der Waals surface area contributed by atoms with Crippen LogP contribution in [0.25, 0.3) is 0 Å². The quantitative estimate of drug-likeness (QED) is 0.786. The van der Waals surface area contributed by atoms with E-state index < -0.39 is 0 Å². The molecule has 0 N–H and O–H groups in total. The molecule has 22 heavy (non-hydrogen) atoms. The second kappa shape index (κ2) is 13.4. The SMILES string of the molecule is CC.CC.CCCCN1CCN(c2ccccc2OC)CC1. The molecule has 1 saturated heterocycles. The third kappa shape index (κ3) is 6.69. The molecule has 0 spiro atoms. The number of para-hydroxylation sites is 2. The van der Waals surface area contributed by atoms with Gasteiger partial charge in [-0.15, -0.1) is 0 Å². The summed E-state index contributed by atoms with van der Waals surface area (Å²) in [7, 11) is 1.75. The number of benzene rings is 1. The molecule has 0 saturated carbocycles. The van der Waals surface area contributed by atoms with Crippen LogP contribution < -0.4 is 9.64 Å². The van der Waals surface area contributed by atoms with Gasteiger partial charge in [-0.25, -0.2) is 0 Å². The summed E-state index contributed by atoms with van der Waals surface area (Å²) in [5, 5.41) is 0. The number of methoxy groups -OCH3 is 1. The van der Waals surface area contributed by atoms with Crippen LogP contribution in [-0.4, -0.2) is 44.7 Å². The van der Waals surface area contributed by atoms with Crippen LogP contribution >= 0.6 is 0 Å². The number of ether oxygens (including phenoxy) is 1. The van der Waals surface area contributed by atoms with E-state index in [1.54, 1.807) is 7.11 Å². The highest BCUT2D eigenvalue weighted by Crippen LogP contribution is 2.28. The fourth-order valence-electron chi connectivity index (χ4n) is 2.49. The van der Waals surface area contributed by atoms with Crippen LogP contribution in [0.4, 0.5) is 5.69 Å². The zero-order valence-electron chi connectivity index (χ0n) is 15.6. The average Bonchev–Trinajstić information content (AvgIpc) is 2.63. The molecule has 1 aromatic rings. The van der Waals surface area contributed by atoms with Gasteiger partial charge >= 0.3 is 0 Å². The Morgan fingerprint density at radius 2 is 1.55 bits per heavy atom. The van der Waals surface area contributed by atoms with Gasteiger partial charge in [-0.1, -0.05) is 53.2 Å². The molecule has 0 atom stereocenters. The van der Waals surface area contributed by atoms with Crippen LogP contribution in [0.1, 0.15) is 47.5 Å². The molecule has 0 bridgehead atoms. The van der Waals surface area contributed by atoms with E-state index in [2.05, 4.69) is 28.9 Å². The first-order chi connectivity index (χ1) is 10.8. The number of unbranched alkanes of at least 4 members (excludes halogenated alkanes) is 1. The van der Waals surface area contributed by atoms with Crippen molar-refractivity contribution < 1.29 is 4.74 Å². The number of anilines is 1. The van der Waals surface area contributed by atoms with Gasteiger partial charge in [0.15, 0.2) is 0 Å². The summed E-state index contributed by atoms with van der Waals surface area (Å²) >= 11 is 0. The molecule has 1 heterocycles. The fraction of sp³-hybridized carbons (Fsp3) is 0.684. The number of nitrogens with zero attached hydrogens (tertiary/aromatic N) is 2. The molecule has 0 unspecified atom stereocenters. The Labute approximate surface area is 138 Å². The lowest BCUT2D eigenvalue weighted by Gasteiger charge is -2.36. The molecule has 0 amide bonds. The molecule has 1 aliphatic heterocycles. The van der Waals surface area contributed by atoms with Crippen molar-refractivity contribution in [3.05, 3.63) is 24.3 Å². The Balaban J connectivity index is 0.00000102. The zero-order valence-corrected chi connectivity index (χ0v) is 15.6. The van der Waals surface area contributed by atoms with Gasteiger partial charge in [-0.3, -0.25) is 4.90 Å². The van der Waals surface area contributed by atoms with Crippen LogP contribution in [-0.2, 0) is 0 Å². The molecule has 3 nitrogen and oxygen atoms in total. The largest absolute Gasteiger partial charge is 0.495 e. The maximum Gasteiger partial charge on any atom is 0.142 e. The minimum atomic E-state index is 0.986. The van der Waals surface area contributed by atoms with Gasteiger partial charge in [0.2, 0.25) is 0 Å². The highest BCUT2D eigenvalue weighted by atomic mass is 16.5. The van der Waals surface area contributed by atoms with E-state index in [1.807, 2.05) is 39.8 Å². The van der Waals surface area contributed by atoms with Crippen molar-refractivity contribution in [1.82, 2.24) is 4.90 Å². The fourth-order valence-corrected chi connectivity index (χ4v) is 2.49. The topological polar surface area (TPSA) is 15.7 Å². The van der Waals surface area contributed by atoms with Crippen LogP contribution in [0.5, 0.6) is 5.75 Å². The normalized spacial score (nSPS) is 14.4. The first-order valence-corrected chi connectivity index (χ1v) is 8.95. The van der Waals surface area contributed by atoms with Crippen LogP contribution in [0.2, 0.25) is 0 Å². The van der Waals surface area contributed by atoms with Crippen molar-refractivity contribution in [2.45, 2.75) is 47.5 Å². The van der Waals surface area contributed by atoms with E-state index in [-0.39, 0.29) is 0 Å². The molecule has 0 aromatic heterocycles. The first kappa shape index (κ1) is 20.8. The summed E-state index contributed by atoms with van der Waals surface area (Å²) in [6.07, 6.45) is 2.60. The molecule has 1 aromatic carbocycles. The molecule has 128 valence electrons. The number of piperazine rings is 1. The monoisotopic (exact) mass is 308 g/mol. The average molecular weight is 309 g/mol. The van der Waals surface area contributed by atoms with E-state index in [0.29, 0.717) is 0 Å². The van der Waals surface area contributed by atoms with Gasteiger partial charge in [-0.05, 0) is 25.1 Å². The van der Waals surface area contributed by atoms with Crippen molar-refractivity contribution in [3.8, 4) is 5.75 Å². The van der Waals surface area contributed by atoms with E-state index in [4.69, 9.17) is 4.74 Å². The smallest absolute Gasteiger partial charge is 0.142 e. The van der Waals surface area contributed by atoms with E-state index in [1.165, 1.54) is 25.1 Å². The number of hydrogen-bond acceptors (Lipinski definition) is 3. The van der Waals surface area contributed by atoms with Crippen molar-refractivity contribution in [2.75, 3.05) is 44.7 Å². The zero-order chi connectivity index (χ0) is 16.8. The van der Waals surface area contributed by atoms with Crippen LogP contribution in [0.3, 0.4) is 0 Å². The molecular formula is C19H36N2O. The summed E-state index contributed by atoms with van der Waals surface area (Å²) in [5.74, 6) is 0.986. The van der Waals surface area contributed by atoms with Crippen molar-refractivity contribution >= 4 is 5.69 Å². The first-order valence-electron chi connectivity index (χ1n) is 8.95. The van der Waals surface area contributed by atoms with Gasteiger partial charge in [-0.2, -0.15) is 0 Å². The Morgan fingerprint density at radius 3 is 2.09 bits per heavy atom. The van der Waals surface area contributed by atoms with Crippen LogP contribution in [0, 0.1) is 0 Å². The number of hydrogen-bond donors (Lipinski definition) is 0. The van der Waals surface area contributed by atoms with E-state index in [0.717, 1.165) is 31.9 Å². The third-order valence-electron chi connectivity index (χ3n) is 3.63. The second-order valence-electron chi connectivity index (χ2n) is 4.85. The Morgan fingerprint density at radius 1 is 0.955 bits per heavy atom. The molecule has 0 radical (unpaired) electrons. The summed E-state index contributed by atoms with van der Waals surface area (Å²) in [5.41, 5.74) is 1.23. The summed E-state index contributed by atoms with van der Waals surface area (Å²) in [6, 6.07) is 8.31. The van der Waals surface area contributed by atoms with Gasteiger partial charge in [0.05, 0.1) is 12.8 Å². The maximum absolute atomic E-state index is 5.44. The summed E-state index contributed by atoms with van der Waals surface area (Å²) < 4.78 is 5.44. The van der Waals surface area contributed by atoms with E-state index in [9.17, 15) is 0 Å². The molecule has 2 rings (SSSR count). The van der Waals surface area contributed by atoms with Crippen molar-refractivity contribution in [2.24, 2.45) is 0 Å². The molecule has 1 aliphatic rings. The lowest BCUT2D eigenvalue weighted by atomic mass is 10.2. The summed E-state index contributed by atoms with van der Waals surface area (Å²) in [4.78, 5) is 5.00. The number of rotatable bonds is 5. The highest BCUT2D eigenvalue weighted by molar-refractivity contribution is 5.58. The third-order valence-corrected chi connectivity index (χ3v) is 3.63. The highest BCUT2D eigenvalue weighted by Gasteiger charge is 2.18. The van der Waals surface area contributed by atoms with E-state index >= 15 is 0 Å². The standard InChI is InChI=1S/C15H24N2O.2C2H6/c1-3-4-9-16-10-12-17(13-11-16)14-7-5-6-8-15(14)18-2;2*1-2/h5-8H,3-4,9-13H2,1-2H3;2*1-2H3. The summed E-state index contributed by atoms with van der Waals surface area (Å²) in [6.45, 7) is 16.0. The lowest BCUT2D eigenvalue weighted by molar-refractivity contribution is 0.253. The maximum atomic E-state index is 5.44. The van der Waals surface area contributed by atoms with Gasteiger partial charge in [0.1, 0.15) is 5.75 Å². The Bertz CT molecular complexity index is 360. The molecular weight excluding hydrogens is 272 g/mol. The van der Waals surface area contributed by atoms with Gasteiger partial charge < -0.3 is 9.64 Å².